The van der Waals surface area contributed by atoms with Gasteiger partial charge in [0.25, 0.3) is 0 Å². The molecule has 1 fully saturated rings. The van der Waals surface area contributed by atoms with Gasteiger partial charge in [-0.2, -0.15) is 0 Å². The lowest BCUT2D eigenvalue weighted by Crippen LogP contribution is -2.49. The van der Waals surface area contributed by atoms with E-state index in [0.29, 0.717) is 18.1 Å². The summed E-state index contributed by atoms with van der Waals surface area (Å²) in [6, 6.07) is 0. The van der Waals surface area contributed by atoms with Gasteiger partial charge in [0.05, 0.1) is 23.9 Å². The quantitative estimate of drug-likeness (QED) is 0.326. The van der Waals surface area contributed by atoms with E-state index in [4.69, 9.17) is 18.9 Å². The van der Waals surface area contributed by atoms with Crippen molar-refractivity contribution in [3.63, 3.8) is 0 Å². The maximum Gasteiger partial charge on any atom is 0.302 e. The summed E-state index contributed by atoms with van der Waals surface area (Å²) in [5, 5.41) is 0. The molecule has 0 radical (unpaired) electrons. The minimum absolute atomic E-state index is 0.00759. The van der Waals surface area contributed by atoms with Crippen molar-refractivity contribution in [2.75, 3.05) is 6.61 Å². The molecule has 0 saturated carbocycles. The second kappa shape index (κ2) is 8.97. The second-order valence-electron chi connectivity index (χ2n) is 10.5. The van der Waals surface area contributed by atoms with Crippen molar-refractivity contribution < 1.29 is 28.5 Å². The summed E-state index contributed by atoms with van der Waals surface area (Å²) in [6.07, 6.45) is 11.0. The van der Waals surface area contributed by atoms with Crippen LogP contribution >= 0.6 is 0 Å². The smallest absolute Gasteiger partial charge is 0.302 e. The maximum atomic E-state index is 12.4. The Morgan fingerprint density at radius 3 is 2.55 bits per heavy atom. The van der Waals surface area contributed by atoms with Crippen molar-refractivity contribution in [2.45, 2.75) is 96.9 Å². The third kappa shape index (κ3) is 5.56. The molecule has 180 valence electrons. The van der Waals surface area contributed by atoms with E-state index in [1.54, 1.807) is 0 Å². The Balaban J connectivity index is 1.55. The van der Waals surface area contributed by atoms with E-state index in [2.05, 4.69) is 33.8 Å². The van der Waals surface area contributed by atoms with E-state index in [9.17, 15) is 9.59 Å². The number of epoxide rings is 1. The fourth-order valence-electron chi connectivity index (χ4n) is 5.10. The maximum absolute atomic E-state index is 12.4. The normalized spacial score (nSPS) is 35.4. The fraction of sp³-hybridized carbons (Fsp3) is 0.630. The Morgan fingerprint density at radius 2 is 1.88 bits per heavy atom. The molecule has 0 aromatic heterocycles. The molecule has 1 unspecified atom stereocenters. The number of carbonyl (C=O) groups excluding carboxylic acids is 2. The molecule has 1 saturated heterocycles. The molecule has 3 heterocycles. The average Bonchev–Trinajstić information content (AvgIpc) is 3.32. The molecule has 0 amide bonds. The van der Waals surface area contributed by atoms with Gasteiger partial charge in [0.1, 0.15) is 6.61 Å². The lowest BCUT2D eigenvalue weighted by Gasteiger charge is -2.45. The van der Waals surface area contributed by atoms with E-state index in [0.717, 1.165) is 24.8 Å². The molecule has 0 N–H and O–H groups in total. The second-order valence-corrected chi connectivity index (χ2v) is 10.5. The van der Waals surface area contributed by atoms with Crippen molar-refractivity contribution in [1.82, 2.24) is 0 Å². The molecule has 6 nitrogen and oxygen atoms in total. The summed E-state index contributed by atoms with van der Waals surface area (Å²) >= 11 is 0. The number of fused-ring (bicyclic) bond motifs is 1. The largest absolute Gasteiger partial charge is 0.461 e. The van der Waals surface area contributed by atoms with Crippen LogP contribution in [0.2, 0.25) is 0 Å². The number of hydrogen-bond donors (Lipinski definition) is 0. The minimum Gasteiger partial charge on any atom is -0.461 e. The summed E-state index contributed by atoms with van der Waals surface area (Å²) < 4.78 is 24.1. The van der Waals surface area contributed by atoms with Crippen molar-refractivity contribution in [3.8, 4) is 0 Å². The number of carbonyl (C=O) groups is 2. The van der Waals surface area contributed by atoms with Crippen LogP contribution in [0.15, 0.2) is 46.6 Å². The van der Waals surface area contributed by atoms with Crippen LogP contribution in [-0.2, 0) is 28.5 Å². The van der Waals surface area contributed by atoms with Crippen LogP contribution in [-0.4, -0.2) is 48.1 Å². The summed E-state index contributed by atoms with van der Waals surface area (Å²) in [5.74, 6) is -1.44. The molecular formula is C27H36O6. The fourth-order valence-corrected chi connectivity index (χ4v) is 5.10. The molecule has 1 spiro atoms. The molecule has 4 aliphatic rings. The Kier molecular flexibility index (Phi) is 6.56. The van der Waals surface area contributed by atoms with E-state index in [1.165, 1.54) is 18.1 Å². The predicted molar refractivity (Wildman–Crippen MR) is 124 cm³/mol. The van der Waals surface area contributed by atoms with Gasteiger partial charge in [-0.25, -0.2) is 0 Å². The van der Waals surface area contributed by atoms with Gasteiger partial charge in [-0.15, -0.1) is 0 Å². The zero-order chi connectivity index (χ0) is 24.0. The number of rotatable bonds is 6. The molecular weight excluding hydrogens is 420 g/mol. The highest BCUT2D eigenvalue weighted by atomic mass is 16.7. The van der Waals surface area contributed by atoms with Gasteiger partial charge in [-0.05, 0) is 83.3 Å². The molecule has 1 aliphatic carbocycles. The summed E-state index contributed by atoms with van der Waals surface area (Å²) in [5.41, 5.74) is 4.03. The number of ketones is 1. The van der Waals surface area contributed by atoms with Gasteiger partial charge in [0.15, 0.2) is 5.78 Å². The Hall–Kier alpha value is -2.02. The van der Waals surface area contributed by atoms with E-state index in [1.807, 2.05) is 25.2 Å². The van der Waals surface area contributed by atoms with Crippen molar-refractivity contribution >= 4 is 11.8 Å². The number of hydrogen-bond acceptors (Lipinski definition) is 6. The number of ether oxygens (including phenoxy) is 4. The zero-order valence-corrected chi connectivity index (χ0v) is 20.6. The van der Waals surface area contributed by atoms with Crippen LogP contribution in [0.5, 0.6) is 0 Å². The number of Topliss-reactive ketones (excluding diaryl/α,β-unsaturated/α-hetero) is 1. The van der Waals surface area contributed by atoms with E-state index < -0.39 is 5.79 Å². The van der Waals surface area contributed by atoms with Gasteiger partial charge in [0.2, 0.25) is 5.79 Å². The molecule has 0 aromatic carbocycles. The van der Waals surface area contributed by atoms with Gasteiger partial charge in [-0.3, -0.25) is 9.59 Å². The molecule has 0 bridgehead atoms. The van der Waals surface area contributed by atoms with Crippen LogP contribution in [0.4, 0.5) is 0 Å². The molecule has 3 aliphatic heterocycles. The Labute approximate surface area is 196 Å². The topological polar surface area (TPSA) is 74.4 Å². The molecule has 5 atom stereocenters. The van der Waals surface area contributed by atoms with Crippen LogP contribution < -0.4 is 0 Å². The van der Waals surface area contributed by atoms with Crippen LogP contribution in [0.1, 0.15) is 67.2 Å². The summed E-state index contributed by atoms with van der Waals surface area (Å²) in [7, 11) is 0. The standard InChI is InChI=1S/C27H36O6/c1-16(7-8-25-26(5,6)33-25)9-21-10-17(2)13-27(31-21)14-20(15-30-19(4)28)22-12-23(29)18(3)11-24(22)32-27/h9,11,13-14,21-22,24-25H,7-8,10,12,15H2,1-6H3/b16-9+/t21-,22-,24-,25?,27+/m1/s1. The van der Waals surface area contributed by atoms with Gasteiger partial charge in [-0.1, -0.05) is 17.2 Å². The summed E-state index contributed by atoms with van der Waals surface area (Å²) in [6.45, 7) is 11.8. The first-order valence-electron chi connectivity index (χ1n) is 11.9. The van der Waals surface area contributed by atoms with Crippen molar-refractivity contribution in [2.24, 2.45) is 5.92 Å². The van der Waals surface area contributed by atoms with Crippen molar-refractivity contribution in [3.05, 3.63) is 46.6 Å². The van der Waals surface area contributed by atoms with Crippen LogP contribution in [0.3, 0.4) is 0 Å². The molecule has 0 aromatic rings. The van der Waals surface area contributed by atoms with E-state index in [-0.39, 0.29) is 42.1 Å². The number of allylic oxidation sites excluding steroid dienone is 2. The van der Waals surface area contributed by atoms with Crippen molar-refractivity contribution in [1.29, 1.82) is 0 Å². The summed E-state index contributed by atoms with van der Waals surface area (Å²) in [4.78, 5) is 23.9. The first-order chi connectivity index (χ1) is 15.5. The van der Waals surface area contributed by atoms with E-state index >= 15 is 0 Å². The minimum atomic E-state index is -1.04. The molecule has 6 heteroatoms. The Morgan fingerprint density at radius 1 is 1.15 bits per heavy atom. The highest BCUT2D eigenvalue weighted by Gasteiger charge is 2.47. The Bertz CT molecular complexity index is 952. The first-order valence-corrected chi connectivity index (χ1v) is 11.9. The van der Waals surface area contributed by atoms with Gasteiger partial charge < -0.3 is 18.9 Å². The molecule has 4 rings (SSSR count). The highest BCUT2D eigenvalue weighted by Crippen LogP contribution is 2.43. The van der Waals surface area contributed by atoms with Gasteiger partial charge in [0, 0.05) is 19.3 Å². The third-order valence-corrected chi connectivity index (χ3v) is 7.02. The lowest BCUT2D eigenvalue weighted by atomic mass is 9.79. The predicted octanol–water partition coefficient (Wildman–Crippen LogP) is 4.75. The highest BCUT2D eigenvalue weighted by molar-refractivity contribution is 5.96. The third-order valence-electron chi connectivity index (χ3n) is 7.02. The number of esters is 1. The first kappa shape index (κ1) is 24.1. The monoisotopic (exact) mass is 456 g/mol. The van der Waals surface area contributed by atoms with Crippen LogP contribution in [0.25, 0.3) is 0 Å². The van der Waals surface area contributed by atoms with Crippen LogP contribution in [0, 0.1) is 5.92 Å². The average molecular weight is 457 g/mol. The lowest BCUT2D eigenvalue weighted by molar-refractivity contribution is -0.225. The zero-order valence-electron chi connectivity index (χ0n) is 20.6. The molecule has 33 heavy (non-hydrogen) atoms. The SMILES string of the molecule is CC(=O)OCC1=C[C@]2(C=C(C)C[C@@H](/C=C(\C)CCC3OC3(C)C)O2)O[C@@H]2C=C(C)C(=O)C[C@H]12. The van der Waals surface area contributed by atoms with Gasteiger partial charge >= 0.3 is 5.97 Å².